The van der Waals surface area contributed by atoms with Crippen LogP contribution in [-0.2, 0) is 33.3 Å². The van der Waals surface area contributed by atoms with Crippen LogP contribution in [0.4, 0.5) is 0 Å². The molecule has 8 nitrogen and oxygen atoms in total. The minimum absolute atomic E-state index is 0.0326. The molecule has 0 unspecified atom stereocenters. The average Bonchev–Trinajstić information content (AvgIpc) is 2.58. The fourth-order valence-electron chi connectivity index (χ4n) is 1.98. The molecule has 0 fully saturated rings. The van der Waals surface area contributed by atoms with E-state index in [-0.39, 0.29) is 19.0 Å². The molecule has 0 aromatic heterocycles. The van der Waals surface area contributed by atoms with Crippen molar-refractivity contribution >= 4 is 11.9 Å². The molecule has 0 bridgehead atoms. The van der Waals surface area contributed by atoms with Crippen molar-refractivity contribution in [3.8, 4) is 0 Å². The van der Waals surface area contributed by atoms with Gasteiger partial charge in [0.15, 0.2) is 6.29 Å². The Bertz CT molecular complexity index is 325. The molecule has 8 heteroatoms. The standard InChI is InChI=1S/C17H32O8/c1-21-10-12-23-17(24-13-11-22-2)14-25-16(20)9-7-5-3-4-6-8-15(18)19/h17H,3-14H2,1-2H3,(H,18,19). The Morgan fingerprint density at radius 3 is 1.84 bits per heavy atom. The molecule has 1 N–H and O–H groups in total. The van der Waals surface area contributed by atoms with Gasteiger partial charge in [-0.2, -0.15) is 0 Å². The molecule has 0 aliphatic rings. The lowest BCUT2D eigenvalue weighted by atomic mass is 10.1. The predicted octanol–water partition coefficient (Wildman–Crippen LogP) is 2.00. The maximum atomic E-state index is 11.7. The third kappa shape index (κ3) is 17.4. The van der Waals surface area contributed by atoms with Gasteiger partial charge in [-0.15, -0.1) is 0 Å². The summed E-state index contributed by atoms with van der Waals surface area (Å²) in [7, 11) is 3.15. The number of ether oxygens (including phenoxy) is 5. The van der Waals surface area contributed by atoms with Gasteiger partial charge < -0.3 is 28.8 Å². The SMILES string of the molecule is COCCOC(COC(=O)CCCCCCCC(=O)O)OCCOC. The van der Waals surface area contributed by atoms with Crippen LogP contribution in [0.5, 0.6) is 0 Å². The Labute approximate surface area is 149 Å². The van der Waals surface area contributed by atoms with Crippen molar-refractivity contribution < 1.29 is 38.4 Å². The third-order valence-electron chi connectivity index (χ3n) is 3.33. The number of unbranched alkanes of at least 4 members (excludes halogenated alkanes) is 4. The number of rotatable bonds is 18. The number of hydrogen-bond donors (Lipinski definition) is 1. The van der Waals surface area contributed by atoms with Gasteiger partial charge >= 0.3 is 11.9 Å². The fourth-order valence-corrected chi connectivity index (χ4v) is 1.98. The van der Waals surface area contributed by atoms with E-state index in [1.165, 1.54) is 0 Å². The highest BCUT2D eigenvalue weighted by atomic mass is 16.7. The van der Waals surface area contributed by atoms with Crippen LogP contribution in [0.15, 0.2) is 0 Å². The summed E-state index contributed by atoms with van der Waals surface area (Å²) in [5, 5.41) is 8.53. The lowest BCUT2D eigenvalue weighted by molar-refractivity contribution is -0.188. The average molecular weight is 364 g/mol. The normalized spacial score (nSPS) is 11.0. The number of aliphatic carboxylic acids is 1. The lowest BCUT2D eigenvalue weighted by Gasteiger charge is -2.18. The van der Waals surface area contributed by atoms with Crippen molar-refractivity contribution in [3.05, 3.63) is 0 Å². The molecule has 0 aliphatic carbocycles. The van der Waals surface area contributed by atoms with Crippen LogP contribution in [0.3, 0.4) is 0 Å². The molecule has 0 aromatic rings. The summed E-state index contributed by atoms with van der Waals surface area (Å²) in [6.45, 7) is 1.59. The molecule has 0 saturated heterocycles. The predicted molar refractivity (Wildman–Crippen MR) is 90.4 cm³/mol. The summed E-state index contributed by atoms with van der Waals surface area (Å²) in [6, 6.07) is 0. The van der Waals surface area contributed by atoms with Gasteiger partial charge in [0.05, 0.1) is 26.4 Å². The largest absolute Gasteiger partial charge is 0.481 e. The third-order valence-corrected chi connectivity index (χ3v) is 3.33. The summed E-state index contributed by atoms with van der Waals surface area (Å²) in [4.78, 5) is 22.1. The number of carboxylic acid groups (broad SMARTS) is 1. The molecule has 0 heterocycles. The van der Waals surface area contributed by atoms with Crippen LogP contribution in [-0.4, -0.2) is 70.6 Å². The number of carboxylic acids is 1. The quantitative estimate of drug-likeness (QED) is 0.224. The Balaban J connectivity index is 3.74. The molecule has 0 radical (unpaired) electrons. The van der Waals surface area contributed by atoms with E-state index >= 15 is 0 Å². The highest BCUT2D eigenvalue weighted by Gasteiger charge is 2.13. The summed E-state index contributed by atoms with van der Waals surface area (Å²) in [5.74, 6) is -1.06. The van der Waals surface area contributed by atoms with Crippen molar-refractivity contribution in [2.24, 2.45) is 0 Å². The van der Waals surface area contributed by atoms with Gasteiger partial charge in [-0.05, 0) is 12.8 Å². The fraction of sp³-hybridized carbons (Fsp3) is 0.882. The van der Waals surface area contributed by atoms with E-state index in [1.807, 2.05) is 0 Å². The highest BCUT2D eigenvalue weighted by Crippen LogP contribution is 2.08. The second kappa shape index (κ2) is 17.6. The van der Waals surface area contributed by atoms with Crippen molar-refractivity contribution in [3.63, 3.8) is 0 Å². The topological polar surface area (TPSA) is 101 Å². The molecule has 0 aromatic carbocycles. The second-order valence-corrected chi connectivity index (χ2v) is 5.50. The summed E-state index contributed by atoms with van der Waals surface area (Å²) < 4.78 is 25.9. The minimum Gasteiger partial charge on any atom is -0.481 e. The van der Waals surface area contributed by atoms with Gasteiger partial charge in [0.1, 0.15) is 6.61 Å². The monoisotopic (exact) mass is 364 g/mol. The van der Waals surface area contributed by atoms with Gasteiger partial charge in [0.25, 0.3) is 0 Å². The van der Waals surface area contributed by atoms with Gasteiger partial charge in [-0.1, -0.05) is 19.3 Å². The van der Waals surface area contributed by atoms with Crippen LogP contribution in [0.2, 0.25) is 0 Å². The molecule has 0 saturated carbocycles. The van der Waals surface area contributed by atoms with Crippen molar-refractivity contribution in [1.82, 2.24) is 0 Å². The number of esters is 1. The first-order valence-corrected chi connectivity index (χ1v) is 8.68. The Morgan fingerprint density at radius 2 is 1.32 bits per heavy atom. The van der Waals surface area contributed by atoms with Crippen LogP contribution >= 0.6 is 0 Å². The molecular weight excluding hydrogens is 332 g/mol. The van der Waals surface area contributed by atoms with E-state index in [2.05, 4.69) is 0 Å². The minimum atomic E-state index is -0.765. The van der Waals surface area contributed by atoms with Crippen molar-refractivity contribution in [2.45, 2.75) is 51.2 Å². The molecular formula is C17H32O8. The zero-order valence-electron chi connectivity index (χ0n) is 15.4. The number of carbonyl (C=O) groups is 2. The number of methoxy groups -OCH3 is 2. The first-order valence-electron chi connectivity index (χ1n) is 8.68. The molecule has 0 atom stereocenters. The van der Waals surface area contributed by atoms with E-state index in [0.29, 0.717) is 39.3 Å². The van der Waals surface area contributed by atoms with E-state index in [9.17, 15) is 9.59 Å². The Hall–Kier alpha value is -1.22. The van der Waals surface area contributed by atoms with Gasteiger partial charge in [0, 0.05) is 27.1 Å². The van der Waals surface area contributed by atoms with Crippen LogP contribution < -0.4 is 0 Å². The van der Waals surface area contributed by atoms with E-state index in [4.69, 9.17) is 28.8 Å². The first-order chi connectivity index (χ1) is 12.1. The lowest BCUT2D eigenvalue weighted by Crippen LogP contribution is -2.28. The molecule has 0 spiro atoms. The molecule has 25 heavy (non-hydrogen) atoms. The number of carbonyl (C=O) groups excluding carboxylic acids is 1. The van der Waals surface area contributed by atoms with Crippen molar-refractivity contribution in [1.29, 1.82) is 0 Å². The molecule has 0 aliphatic heterocycles. The summed E-state index contributed by atoms with van der Waals surface area (Å²) in [5.41, 5.74) is 0. The molecule has 148 valence electrons. The van der Waals surface area contributed by atoms with Crippen LogP contribution in [0, 0.1) is 0 Å². The second-order valence-electron chi connectivity index (χ2n) is 5.50. The zero-order chi connectivity index (χ0) is 18.8. The zero-order valence-corrected chi connectivity index (χ0v) is 15.4. The van der Waals surface area contributed by atoms with Gasteiger partial charge in [0.2, 0.25) is 0 Å². The Morgan fingerprint density at radius 1 is 0.800 bits per heavy atom. The van der Waals surface area contributed by atoms with Crippen LogP contribution in [0.1, 0.15) is 44.9 Å². The maximum absolute atomic E-state index is 11.7. The highest BCUT2D eigenvalue weighted by molar-refractivity contribution is 5.69. The number of hydrogen-bond acceptors (Lipinski definition) is 7. The van der Waals surface area contributed by atoms with E-state index < -0.39 is 12.3 Å². The van der Waals surface area contributed by atoms with Crippen LogP contribution in [0.25, 0.3) is 0 Å². The first kappa shape index (κ1) is 23.8. The summed E-state index contributed by atoms with van der Waals surface area (Å²) >= 11 is 0. The van der Waals surface area contributed by atoms with E-state index in [0.717, 1.165) is 25.7 Å². The smallest absolute Gasteiger partial charge is 0.305 e. The molecule has 0 rings (SSSR count). The summed E-state index contributed by atoms with van der Waals surface area (Å²) in [6.07, 6.45) is 3.98. The maximum Gasteiger partial charge on any atom is 0.305 e. The van der Waals surface area contributed by atoms with E-state index in [1.54, 1.807) is 14.2 Å². The molecule has 0 amide bonds. The Kier molecular flexibility index (Phi) is 16.7. The van der Waals surface area contributed by atoms with Gasteiger partial charge in [-0.3, -0.25) is 9.59 Å². The van der Waals surface area contributed by atoms with Crippen molar-refractivity contribution in [2.75, 3.05) is 47.3 Å². The van der Waals surface area contributed by atoms with Gasteiger partial charge in [-0.25, -0.2) is 0 Å².